The monoisotopic (exact) mass is 336 g/mol. The summed E-state index contributed by atoms with van der Waals surface area (Å²) in [5.41, 5.74) is 2.60. The van der Waals surface area contributed by atoms with Crippen molar-refractivity contribution in [3.8, 4) is 5.88 Å². The molecule has 25 heavy (non-hydrogen) atoms. The lowest BCUT2D eigenvalue weighted by Crippen LogP contribution is -2.35. The fourth-order valence-electron chi connectivity index (χ4n) is 2.82. The van der Waals surface area contributed by atoms with Crippen LogP contribution in [0.2, 0.25) is 0 Å². The number of aromatic nitrogens is 3. The minimum absolute atomic E-state index is 0.275. The summed E-state index contributed by atoms with van der Waals surface area (Å²) in [7, 11) is 1.61. The highest BCUT2D eigenvalue weighted by molar-refractivity contribution is 5.17. The molecule has 0 aliphatic heterocycles. The average molecular weight is 336 g/mol. The zero-order chi connectivity index (χ0) is 17.5. The minimum Gasteiger partial charge on any atom is -0.479 e. The first-order valence-electron chi connectivity index (χ1n) is 8.50. The fourth-order valence-corrected chi connectivity index (χ4v) is 2.82. The molecule has 3 rings (SSSR count). The maximum Gasteiger partial charge on any atom is 0.253 e. The fraction of sp³-hybridized carbons (Fsp3) is 0.300. The van der Waals surface area contributed by atoms with Crippen molar-refractivity contribution in [2.24, 2.45) is 0 Å². The van der Waals surface area contributed by atoms with Crippen LogP contribution in [0, 0.1) is 0 Å². The molecule has 0 aliphatic carbocycles. The van der Waals surface area contributed by atoms with Gasteiger partial charge >= 0.3 is 0 Å². The van der Waals surface area contributed by atoms with Crippen molar-refractivity contribution in [2.45, 2.75) is 32.6 Å². The summed E-state index contributed by atoms with van der Waals surface area (Å²) in [5.74, 6) is 0.546. The van der Waals surface area contributed by atoms with Gasteiger partial charge in [-0.25, -0.2) is 0 Å². The maximum atomic E-state index is 5.12. The molecule has 1 atom stereocenters. The molecule has 130 valence electrons. The summed E-state index contributed by atoms with van der Waals surface area (Å²) in [6.45, 7) is 4.69. The Morgan fingerprint density at radius 1 is 0.960 bits per heavy atom. The van der Waals surface area contributed by atoms with Crippen molar-refractivity contribution < 1.29 is 4.74 Å². The molecule has 0 bridgehead atoms. The number of ether oxygens (including phenoxy) is 1. The van der Waals surface area contributed by atoms with E-state index in [1.54, 1.807) is 18.1 Å². The minimum atomic E-state index is 0.275. The number of nitrogens with zero attached hydrogens (tertiary/aromatic N) is 4. The van der Waals surface area contributed by atoms with Crippen LogP contribution in [0.3, 0.4) is 0 Å². The molecule has 1 unspecified atom stereocenters. The first kappa shape index (κ1) is 17.2. The SMILES string of the molecule is COc1cnn(CC(C)N(Cc2ccccc2)Cc2ccccc2)n1. The highest BCUT2D eigenvalue weighted by atomic mass is 16.5. The highest BCUT2D eigenvalue weighted by Crippen LogP contribution is 2.15. The molecule has 1 aromatic heterocycles. The Morgan fingerprint density at radius 3 is 2.00 bits per heavy atom. The molecule has 0 spiro atoms. The average Bonchev–Trinajstić information content (AvgIpc) is 3.10. The molecule has 0 radical (unpaired) electrons. The third kappa shape index (κ3) is 4.90. The van der Waals surface area contributed by atoms with Crippen LogP contribution in [0.25, 0.3) is 0 Å². The number of benzene rings is 2. The van der Waals surface area contributed by atoms with Gasteiger partial charge in [0.05, 0.1) is 13.7 Å². The van der Waals surface area contributed by atoms with E-state index in [0.717, 1.165) is 13.1 Å². The van der Waals surface area contributed by atoms with Crippen molar-refractivity contribution in [1.29, 1.82) is 0 Å². The van der Waals surface area contributed by atoms with Crippen LogP contribution in [0.4, 0.5) is 0 Å². The maximum absolute atomic E-state index is 5.12. The summed E-state index contributed by atoms with van der Waals surface area (Å²) in [6.07, 6.45) is 1.64. The lowest BCUT2D eigenvalue weighted by molar-refractivity contribution is 0.164. The van der Waals surface area contributed by atoms with Crippen LogP contribution in [0.5, 0.6) is 5.88 Å². The molecule has 5 heteroatoms. The zero-order valence-electron chi connectivity index (χ0n) is 14.7. The van der Waals surface area contributed by atoms with Gasteiger partial charge in [-0.15, -0.1) is 5.10 Å². The molecular weight excluding hydrogens is 312 g/mol. The number of hydrogen-bond donors (Lipinski definition) is 0. The van der Waals surface area contributed by atoms with E-state index >= 15 is 0 Å². The second kappa shape index (κ2) is 8.44. The number of rotatable bonds is 8. The Hall–Kier alpha value is -2.66. The van der Waals surface area contributed by atoms with Gasteiger partial charge in [0.15, 0.2) is 0 Å². The lowest BCUT2D eigenvalue weighted by atomic mass is 10.1. The van der Waals surface area contributed by atoms with Gasteiger partial charge in [0, 0.05) is 19.1 Å². The number of methoxy groups -OCH3 is 1. The lowest BCUT2D eigenvalue weighted by Gasteiger charge is -2.29. The number of hydrogen-bond acceptors (Lipinski definition) is 4. The van der Waals surface area contributed by atoms with Crippen molar-refractivity contribution in [3.63, 3.8) is 0 Å². The normalized spacial score (nSPS) is 12.3. The van der Waals surface area contributed by atoms with Gasteiger partial charge in [-0.3, -0.25) is 4.90 Å². The quantitative estimate of drug-likeness (QED) is 0.632. The molecule has 0 fully saturated rings. The Kier molecular flexibility index (Phi) is 5.80. The van der Waals surface area contributed by atoms with Gasteiger partial charge in [0.25, 0.3) is 5.88 Å². The van der Waals surface area contributed by atoms with E-state index in [4.69, 9.17) is 4.74 Å². The summed E-state index contributed by atoms with van der Waals surface area (Å²) in [5, 5.41) is 8.60. The summed E-state index contributed by atoms with van der Waals surface area (Å²) >= 11 is 0. The molecule has 3 aromatic rings. The molecule has 2 aromatic carbocycles. The van der Waals surface area contributed by atoms with Gasteiger partial charge in [-0.2, -0.15) is 9.90 Å². The molecule has 0 saturated heterocycles. The van der Waals surface area contributed by atoms with Crippen LogP contribution >= 0.6 is 0 Å². The van der Waals surface area contributed by atoms with Crippen molar-refractivity contribution >= 4 is 0 Å². The van der Waals surface area contributed by atoms with Crippen molar-refractivity contribution in [1.82, 2.24) is 19.9 Å². The van der Waals surface area contributed by atoms with Gasteiger partial charge in [0.2, 0.25) is 0 Å². The van der Waals surface area contributed by atoms with Gasteiger partial charge < -0.3 is 4.74 Å². The Morgan fingerprint density at radius 2 is 1.52 bits per heavy atom. The first-order valence-corrected chi connectivity index (χ1v) is 8.50. The van der Waals surface area contributed by atoms with E-state index < -0.39 is 0 Å². The van der Waals surface area contributed by atoms with Crippen molar-refractivity contribution in [3.05, 3.63) is 78.0 Å². The zero-order valence-corrected chi connectivity index (χ0v) is 14.7. The second-order valence-corrected chi connectivity index (χ2v) is 6.17. The van der Waals surface area contributed by atoms with Crippen LogP contribution in [0.15, 0.2) is 66.9 Å². The van der Waals surface area contributed by atoms with Crippen molar-refractivity contribution in [2.75, 3.05) is 7.11 Å². The van der Waals surface area contributed by atoms with Crippen LogP contribution in [-0.2, 0) is 19.6 Å². The Labute approximate surface area is 148 Å². The molecule has 0 amide bonds. The van der Waals surface area contributed by atoms with Crippen LogP contribution in [0.1, 0.15) is 18.1 Å². The molecular formula is C20H24N4O. The van der Waals surface area contributed by atoms with Crippen LogP contribution < -0.4 is 4.74 Å². The van der Waals surface area contributed by atoms with E-state index in [0.29, 0.717) is 12.4 Å². The van der Waals surface area contributed by atoms with E-state index in [1.807, 2.05) is 0 Å². The van der Waals surface area contributed by atoms with Gasteiger partial charge in [0.1, 0.15) is 6.20 Å². The van der Waals surface area contributed by atoms with E-state index in [2.05, 4.69) is 82.7 Å². The predicted molar refractivity (Wildman–Crippen MR) is 98.2 cm³/mol. The molecule has 1 heterocycles. The van der Waals surface area contributed by atoms with E-state index in [1.165, 1.54) is 11.1 Å². The first-order chi connectivity index (χ1) is 12.2. The molecule has 0 N–H and O–H groups in total. The molecule has 5 nitrogen and oxygen atoms in total. The third-order valence-corrected chi connectivity index (χ3v) is 4.23. The Bertz CT molecular complexity index is 716. The smallest absolute Gasteiger partial charge is 0.253 e. The van der Waals surface area contributed by atoms with E-state index in [-0.39, 0.29) is 6.04 Å². The third-order valence-electron chi connectivity index (χ3n) is 4.23. The summed E-state index contributed by atoms with van der Waals surface area (Å²) in [6, 6.07) is 21.4. The summed E-state index contributed by atoms with van der Waals surface area (Å²) < 4.78 is 5.12. The highest BCUT2D eigenvalue weighted by Gasteiger charge is 2.17. The topological polar surface area (TPSA) is 43.2 Å². The van der Waals surface area contributed by atoms with E-state index in [9.17, 15) is 0 Å². The summed E-state index contributed by atoms with van der Waals surface area (Å²) in [4.78, 5) is 4.15. The molecule has 0 saturated carbocycles. The standard InChI is InChI=1S/C20H24N4O/c1-17(14-24-21-13-20(22-24)25-2)23(15-18-9-5-3-6-10-18)16-19-11-7-4-8-12-19/h3-13,17H,14-16H2,1-2H3. The van der Waals surface area contributed by atoms with Gasteiger partial charge in [-0.1, -0.05) is 60.7 Å². The van der Waals surface area contributed by atoms with Crippen LogP contribution in [-0.4, -0.2) is 33.0 Å². The molecule has 0 aliphatic rings. The predicted octanol–water partition coefficient (Wildman–Crippen LogP) is 3.38. The Balaban J connectivity index is 1.74. The second-order valence-electron chi connectivity index (χ2n) is 6.17. The van der Waals surface area contributed by atoms with Gasteiger partial charge in [-0.05, 0) is 18.1 Å². The largest absolute Gasteiger partial charge is 0.479 e.